The van der Waals surface area contributed by atoms with E-state index in [4.69, 9.17) is 0 Å². The molecule has 0 aliphatic rings. The summed E-state index contributed by atoms with van der Waals surface area (Å²) in [7, 11) is 0. The molecule has 14 heavy (non-hydrogen) atoms. The van der Waals surface area contributed by atoms with Crippen LogP contribution in [0.5, 0.6) is 0 Å². The molecule has 0 radical (unpaired) electrons. The lowest BCUT2D eigenvalue weighted by atomic mass is 9.75. The van der Waals surface area contributed by atoms with E-state index in [0.29, 0.717) is 5.41 Å². The number of hydrogen-bond donors (Lipinski definition) is 0. The van der Waals surface area contributed by atoms with Crippen molar-refractivity contribution in [1.82, 2.24) is 0 Å². The molecule has 0 nitrogen and oxygen atoms in total. The van der Waals surface area contributed by atoms with E-state index in [1.807, 2.05) is 13.8 Å². The summed E-state index contributed by atoms with van der Waals surface area (Å²) in [5.41, 5.74) is 0.623. The Hall–Kier alpha value is 0. The molecule has 0 aliphatic carbocycles. The zero-order valence-electron chi connectivity index (χ0n) is 11.6. The topological polar surface area (TPSA) is 0 Å². The second kappa shape index (κ2) is 9.55. The molecule has 0 heteroatoms. The fraction of sp³-hybridized carbons (Fsp3) is 1.00. The molecule has 0 unspecified atom stereocenters. The predicted octanol–water partition coefficient (Wildman–Crippen LogP) is 5.67. The SMILES string of the molecule is CC.CCCC(C)(CCC)CC(C)C. The van der Waals surface area contributed by atoms with Gasteiger partial charge in [0.05, 0.1) is 0 Å². The quantitative estimate of drug-likeness (QED) is 0.518. The van der Waals surface area contributed by atoms with Crippen LogP contribution in [0.4, 0.5) is 0 Å². The molecule has 0 aromatic heterocycles. The Balaban J connectivity index is 0. The summed E-state index contributed by atoms with van der Waals surface area (Å²) < 4.78 is 0. The first-order valence-electron chi connectivity index (χ1n) is 6.54. The minimum absolute atomic E-state index is 0.623. The molecule has 0 amide bonds. The predicted molar refractivity (Wildman–Crippen MR) is 68.7 cm³/mol. The van der Waals surface area contributed by atoms with Crippen LogP contribution in [0.2, 0.25) is 0 Å². The van der Waals surface area contributed by atoms with Crippen LogP contribution < -0.4 is 0 Å². The van der Waals surface area contributed by atoms with Crippen molar-refractivity contribution in [3.8, 4) is 0 Å². The van der Waals surface area contributed by atoms with Crippen LogP contribution in [0, 0.1) is 11.3 Å². The average Bonchev–Trinajstić information content (AvgIpc) is 2.06. The van der Waals surface area contributed by atoms with Crippen LogP contribution in [-0.2, 0) is 0 Å². The summed E-state index contributed by atoms with van der Waals surface area (Å²) in [5, 5.41) is 0. The molecular weight excluding hydrogens is 168 g/mol. The standard InChI is InChI=1S/C12H26.C2H6/c1-6-8-12(5,9-7-2)10-11(3)4;1-2/h11H,6-10H2,1-5H3;1-2H3. The third-order valence-electron chi connectivity index (χ3n) is 2.61. The van der Waals surface area contributed by atoms with Crippen LogP contribution in [0.1, 0.15) is 80.6 Å². The van der Waals surface area contributed by atoms with E-state index >= 15 is 0 Å². The van der Waals surface area contributed by atoms with Gasteiger partial charge >= 0.3 is 0 Å². The third-order valence-corrected chi connectivity index (χ3v) is 2.61. The molecule has 0 atom stereocenters. The van der Waals surface area contributed by atoms with Crippen molar-refractivity contribution in [3.05, 3.63) is 0 Å². The van der Waals surface area contributed by atoms with Crippen molar-refractivity contribution in [2.45, 2.75) is 80.6 Å². The summed E-state index contributed by atoms with van der Waals surface area (Å²) in [4.78, 5) is 0. The summed E-state index contributed by atoms with van der Waals surface area (Å²) in [6.07, 6.45) is 6.87. The van der Waals surface area contributed by atoms with E-state index in [-0.39, 0.29) is 0 Å². The van der Waals surface area contributed by atoms with Gasteiger partial charge in [0.15, 0.2) is 0 Å². The fourth-order valence-corrected chi connectivity index (χ4v) is 2.52. The first-order valence-corrected chi connectivity index (χ1v) is 6.54. The van der Waals surface area contributed by atoms with Gasteiger partial charge in [-0.2, -0.15) is 0 Å². The van der Waals surface area contributed by atoms with Crippen molar-refractivity contribution >= 4 is 0 Å². The molecule has 0 aromatic rings. The molecule has 0 heterocycles. The van der Waals surface area contributed by atoms with E-state index in [0.717, 1.165) is 5.92 Å². The van der Waals surface area contributed by atoms with Crippen LogP contribution in [0.15, 0.2) is 0 Å². The number of hydrogen-bond acceptors (Lipinski definition) is 0. The van der Waals surface area contributed by atoms with Gasteiger partial charge in [-0.15, -0.1) is 0 Å². The Morgan fingerprint density at radius 1 is 0.929 bits per heavy atom. The minimum Gasteiger partial charge on any atom is -0.0683 e. The highest BCUT2D eigenvalue weighted by Gasteiger charge is 2.22. The van der Waals surface area contributed by atoms with Gasteiger partial charge < -0.3 is 0 Å². The van der Waals surface area contributed by atoms with Crippen molar-refractivity contribution in [1.29, 1.82) is 0 Å². The van der Waals surface area contributed by atoms with Crippen molar-refractivity contribution in [2.75, 3.05) is 0 Å². The molecule has 0 saturated carbocycles. The smallest absolute Gasteiger partial charge is 0.0324 e. The van der Waals surface area contributed by atoms with Crippen molar-refractivity contribution in [3.63, 3.8) is 0 Å². The molecule has 88 valence electrons. The van der Waals surface area contributed by atoms with Gasteiger partial charge in [-0.05, 0) is 30.6 Å². The van der Waals surface area contributed by atoms with E-state index in [9.17, 15) is 0 Å². The van der Waals surface area contributed by atoms with E-state index in [2.05, 4.69) is 34.6 Å². The lowest BCUT2D eigenvalue weighted by molar-refractivity contribution is 0.213. The highest BCUT2D eigenvalue weighted by Crippen LogP contribution is 2.35. The van der Waals surface area contributed by atoms with Gasteiger partial charge in [0, 0.05) is 0 Å². The van der Waals surface area contributed by atoms with Crippen LogP contribution in [0.3, 0.4) is 0 Å². The monoisotopic (exact) mass is 200 g/mol. The van der Waals surface area contributed by atoms with Crippen molar-refractivity contribution < 1.29 is 0 Å². The average molecular weight is 200 g/mol. The summed E-state index contributed by atoms with van der Waals surface area (Å²) in [6, 6.07) is 0. The van der Waals surface area contributed by atoms with E-state index in [1.165, 1.54) is 32.1 Å². The normalized spacial score (nSPS) is 11.1. The summed E-state index contributed by atoms with van der Waals surface area (Å²) >= 11 is 0. The van der Waals surface area contributed by atoms with E-state index in [1.54, 1.807) is 0 Å². The second-order valence-electron chi connectivity index (χ2n) is 4.91. The molecular formula is C14H32. The maximum absolute atomic E-state index is 2.46. The third kappa shape index (κ3) is 8.59. The van der Waals surface area contributed by atoms with Gasteiger partial charge in [-0.25, -0.2) is 0 Å². The first kappa shape index (κ1) is 16.4. The molecule has 0 saturated heterocycles. The highest BCUT2D eigenvalue weighted by atomic mass is 14.3. The molecule has 0 aromatic carbocycles. The fourth-order valence-electron chi connectivity index (χ4n) is 2.52. The highest BCUT2D eigenvalue weighted by molar-refractivity contribution is 4.74. The Labute approximate surface area is 92.5 Å². The van der Waals surface area contributed by atoms with Gasteiger partial charge in [-0.3, -0.25) is 0 Å². The maximum atomic E-state index is 2.46. The lowest BCUT2D eigenvalue weighted by Crippen LogP contribution is -2.18. The summed E-state index contributed by atoms with van der Waals surface area (Å²) in [6.45, 7) is 15.7. The van der Waals surface area contributed by atoms with Gasteiger partial charge in [0.1, 0.15) is 0 Å². The second-order valence-corrected chi connectivity index (χ2v) is 4.91. The van der Waals surface area contributed by atoms with Gasteiger partial charge in [0.2, 0.25) is 0 Å². The Morgan fingerprint density at radius 3 is 1.50 bits per heavy atom. The molecule has 0 spiro atoms. The van der Waals surface area contributed by atoms with Crippen molar-refractivity contribution in [2.24, 2.45) is 11.3 Å². The Bertz CT molecular complexity index is 96.6. The van der Waals surface area contributed by atoms with Gasteiger partial charge in [0.25, 0.3) is 0 Å². The number of rotatable bonds is 6. The first-order chi connectivity index (χ1) is 6.54. The largest absolute Gasteiger partial charge is 0.0683 e. The van der Waals surface area contributed by atoms with E-state index < -0.39 is 0 Å². The molecule has 0 rings (SSSR count). The zero-order chi connectivity index (χ0) is 11.6. The maximum Gasteiger partial charge on any atom is -0.0324 e. The molecule has 0 aliphatic heterocycles. The lowest BCUT2D eigenvalue weighted by Gasteiger charge is -2.30. The van der Waals surface area contributed by atoms with Gasteiger partial charge in [-0.1, -0.05) is 61.3 Å². The van der Waals surface area contributed by atoms with Crippen LogP contribution >= 0.6 is 0 Å². The van der Waals surface area contributed by atoms with Crippen LogP contribution in [0.25, 0.3) is 0 Å². The molecule has 0 bridgehead atoms. The minimum atomic E-state index is 0.623. The zero-order valence-corrected chi connectivity index (χ0v) is 11.6. The summed E-state index contributed by atoms with van der Waals surface area (Å²) in [5.74, 6) is 0.855. The Morgan fingerprint density at radius 2 is 1.29 bits per heavy atom. The van der Waals surface area contributed by atoms with Crippen LogP contribution in [-0.4, -0.2) is 0 Å². The molecule has 0 fully saturated rings. The molecule has 0 N–H and O–H groups in total. The Kier molecular flexibility index (Phi) is 11.2.